The minimum atomic E-state index is -0.897. The minimum absolute atomic E-state index is 0.0378. The van der Waals surface area contributed by atoms with Crippen LogP contribution in [0.2, 0.25) is 0 Å². The zero-order chi connectivity index (χ0) is 14.7. The topological polar surface area (TPSA) is 84.6 Å². The van der Waals surface area contributed by atoms with Gasteiger partial charge in [0.2, 0.25) is 5.91 Å². The monoisotopic (exact) mass is 273 g/mol. The smallest absolute Gasteiger partial charge is 0.323 e. The number of anilines is 2. The summed E-state index contributed by atoms with van der Waals surface area (Å²) in [6, 6.07) is 7.42. The van der Waals surface area contributed by atoms with Crippen molar-refractivity contribution in [2.75, 3.05) is 29.9 Å². The highest BCUT2D eigenvalue weighted by molar-refractivity contribution is 5.97. The van der Waals surface area contributed by atoms with Crippen LogP contribution in [-0.2, 0) is 16.0 Å². The SMILES string of the molecule is CN(CC(=O)O)c1ccc2c(c1)CCC(=O)N2CC#N. The molecule has 0 fully saturated rings. The van der Waals surface area contributed by atoms with E-state index in [9.17, 15) is 9.59 Å². The molecule has 0 spiro atoms. The fraction of sp³-hybridized carbons (Fsp3) is 0.357. The van der Waals surface area contributed by atoms with E-state index >= 15 is 0 Å². The summed E-state index contributed by atoms with van der Waals surface area (Å²) in [5.74, 6) is -0.947. The number of carboxylic acid groups (broad SMARTS) is 1. The second kappa shape index (κ2) is 5.61. The maximum Gasteiger partial charge on any atom is 0.323 e. The van der Waals surface area contributed by atoms with Crippen molar-refractivity contribution in [3.8, 4) is 6.07 Å². The van der Waals surface area contributed by atoms with E-state index in [1.807, 2.05) is 12.1 Å². The number of likely N-dealkylation sites (N-methyl/N-ethyl adjacent to an activating group) is 1. The van der Waals surface area contributed by atoms with Gasteiger partial charge in [0, 0.05) is 24.8 Å². The van der Waals surface area contributed by atoms with Gasteiger partial charge in [-0.25, -0.2) is 0 Å². The van der Waals surface area contributed by atoms with E-state index in [1.165, 1.54) is 4.90 Å². The van der Waals surface area contributed by atoms with Crippen molar-refractivity contribution in [1.29, 1.82) is 5.26 Å². The first-order valence-corrected chi connectivity index (χ1v) is 6.26. The number of benzene rings is 1. The molecule has 0 aliphatic carbocycles. The number of aryl methyl sites for hydroxylation is 1. The first-order valence-electron chi connectivity index (χ1n) is 6.26. The first kappa shape index (κ1) is 13.9. The molecule has 0 saturated heterocycles. The lowest BCUT2D eigenvalue weighted by atomic mass is 10.00. The third-order valence-electron chi connectivity index (χ3n) is 3.31. The van der Waals surface area contributed by atoms with Crippen molar-refractivity contribution in [2.24, 2.45) is 0 Å². The van der Waals surface area contributed by atoms with Crippen LogP contribution in [0.15, 0.2) is 18.2 Å². The number of fused-ring (bicyclic) bond motifs is 1. The number of carbonyl (C=O) groups excluding carboxylic acids is 1. The summed E-state index contributed by atoms with van der Waals surface area (Å²) < 4.78 is 0. The highest BCUT2D eigenvalue weighted by Crippen LogP contribution is 2.31. The van der Waals surface area contributed by atoms with Gasteiger partial charge in [0.25, 0.3) is 0 Å². The molecular formula is C14H15N3O3. The molecule has 0 unspecified atom stereocenters. The van der Waals surface area contributed by atoms with E-state index in [-0.39, 0.29) is 19.0 Å². The third kappa shape index (κ3) is 2.72. The lowest BCUT2D eigenvalue weighted by molar-refractivity contribution is -0.135. The van der Waals surface area contributed by atoms with Crippen LogP contribution >= 0.6 is 0 Å². The van der Waals surface area contributed by atoms with Crippen LogP contribution in [0, 0.1) is 11.3 Å². The highest BCUT2D eigenvalue weighted by atomic mass is 16.4. The summed E-state index contributed by atoms with van der Waals surface area (Å²) in [5, 5.41) is 17.6. The number of nitrogens with zero attached hydrogens (tertiary/aromatic N) is 3. The van der Waals surface area contributed by atoms with E-state index in [0.717, 1.165) is 16.9 Å². The van der Waals surface area contributed by atoms with E-state index in [1.54, 1.807) is 24.1 Å². The normalized spacial score (nSPS) is 13.6. The van der Waals surface area contributed by atoms with Gasteiger partial charge in [-0.2, -0.15) is 5.26 Å². The number of nitriles is 1. The number of amides is 1. The van der Waals surface area contributed by atoms with Gasteiger partial charge < -0.3 is 10.0 Å². The molecule has 2 rings (SSSR count). The predicted octanol–water partition coefficient (Wildman–Crippen LogP) is 1.01. The standard InChI is InChI=1S/C14H15N3O3/c1-16(9-14(19)20)11-3-4-12-10(8-11)2-5-13(18)17(12)7-6-15/h3-4,8H,2,5,7,9H2,1H3,(H,19,20). The lowest BCUT2D eigenvalue weighted by Gasteiger charge is -2.28. The zero-order valence-electron chi connectivity index (χ0n) is 11.2. The van der Waals surface area contributed by atoms with Crippen LogP contribution in [0.3, 0.4) is 0 Å². The molecule has 0 saturated carbocycles. The second-order valence-corrected chi connectivity index (χ2v) is 4.70. The molecule has 0 radical (unpaired) electrons. The Balaban J connectivity index is 2.30. The van der Waals surface area contributed by atoms with Crippen LogP contribution in [0.4, 0.5) is 11.4 Å². The average Bonchev–Trinajstić information content (AvgIpc) is 2.41. The largest absolute Gasteiger partial charge is 0.480 e. The number of aliphatic carboxylic acids is 1. The number of carboxylic acids is 1. The molecule has 104 valence electrons. The zero-order valence-corrected chi connectivity index (χ0v) is 11.2. The Hall–Kier alpha value is -2.55. The molecule has 20 heavy (non-hydrogen) atoms. The predicted molar refractivity (Wildman–Crippen MR) is 73.6 cm³/mol. The number of carbonyl (C=O) groups is 2. The van der Waals surface area contributed by atoms with Gasteiger partial charge in [-0.1, -0.05) is 0 Å². The minimum Gasteiger partial charge on any atom is -0.480 e. The molecular weight excluding hydrogens is 258 g/mol. The number of hydrogen-bond acceptors (Lipinski definition) is 4. The Morgan fingerprint density at radius 1 is 1.50 bits per heavy atom. The van der Waals surface area contributed by atoms with E-state index in [0.29, 0.717) is 12.8 Å². The summed E-state index contributed by atoms with van der Waals surface area (Å²) in [7, 11) is 1.71. The molecule has 6 heteroatoms. The van der Waals surface area contributed by atoms with Crippen LogP contribution in [0.5, 0.6) is 0 Å². The van der Waals surface area contributed by atoms with Gasteiger partial charge in [0.1, 0.15) is 13.1 Å². The van der Waals surface area contributed by atoms with Crippen molar-refractivity contribution in [3.63, 3.8) is 0 Å². The van der Waals surface area contributed by atoms with Crippen molar-refractivity contribution >= 4 is 23.3 Å². The van der Waals surface area contributed by atoms with Gasteiger partial charge in [-0.15, -0.1) is 0 Å². The van der Waals surface area contributed by atoms with Crippen LogP contribution in [0.1, 0.15) is 12.0 Å². The van der Waals surface area contributed by atoms with E-state index in [2.05, 4.69) is 0 Å². The summed E-state index contributed by atoms with van der Waals surface area (Å²) in [5.41, 5.74) is 2.50. The van der Waals surface area contributed by atoms with Gasteiger partial charge in [0.05, 0.1) is 6.07 Å². The maximum absolute atomic E-state index is 11.8. The Morgan fingerprint density at radius 3 is 2.90 bits per heavy atom. The van der Waals surface area contributed by atoms with E-state index in [4.69, 9.17) is 10.4 Å². The molecule has 1 aromatic rings. The van der Waals surface area contributed by atoms with Gasteiger partial charge in [-0.05, 0) is 30.2 Å². The Morgan fingerprint density at radius 2 is 2.25 bits per heavy atom. The summed E-state index contributed by atoms with van der Waals surface area (Å²) >= 11 is 0. The average molecular weight is 273 g/mol. The summed E-state index contributed by atoms with van der Waals surface area (Å²) in [6.45, 7) is -0.0459. The van der Waals surface area contributed by atoms with E-state index < -0.39 is 5.97 Å². The van der Waals surface area contributed by atoms with Gasteiger partial charge in [0.15, 0.2) is 0 Å². The molecule has 1 aromatic carbocycles. The highest BCUT2D eigenvalue weighted by Gasteiger charge is 2.24. The van der Waals surface area contributed by atoms with Gasteiger partial charge >= 0.3 is 5.97 Å². The Labute approximate surface area is 116 Å². The fourth-order valence-corrected chi connectivity index (χ4v) is 2.32. The number of rotatable bonds is 4. The fourth-order valence-electron chi connectivity index (χ4n) is 2.32. The summed E-state index contributed by atoms with van der Waals surface area (Å²) in [4.78, 5) is 25.6. The lowest BCUT2D eigenvalue weighted by Crippen LogP contribution is -2.35. The molecule has 0 aromatic heterocycles. The Bertz CT molecular complexity index is 592. The van der Waals surface area contributed by atoms with Crippen molar-refractivity contribution in [1.82, 2.24) is 0 Å². The third-order valence-corrected chi connectivity index (χ3v) is 3.31. The molecule has 1 aliphatic rings. The van der Waals surface area contributed by atoms with Crippen molar-refractivity contribution in [2.45, 2.75) is 12.8 Å². The summed E-state index contributed by atoms with van der Waals surface area (Å²) in [6.07, 6.45) is 0.992. The molecule has 1 amide bonds. The Kier molecular flexibility index (Phi) is 3.89. The number of hydrogen-bond donors (Lipinski definition) is 1. The molecule has 6 nitrogen and oxygen atoms in total. The quantitative estimate of drug-likeness (QED) is 0.828. The van der Waals surface area contributed by atoms with Gasteiger partial charge in [-0.3, -0.25) is 14.5 Å². The molecule has 0 atom stereocenters. The molecule has 1 heterocycles. The van der Waals surface area contributed by atoms with Crippen LogP contribution in [0.25, 0.3) is 0 Å². The molecule has 0 bridgehead atoms. The molecule has 1 aliphatic heterocycles. The van der Waals surface area contributed by atoms with Crippen LogP contribution in [-0.4, -0.2) is 37.1 Å². The van der Waals surface area contributed by atoms with Crippen LogP contribution < -0.4 is 9.80 Å². The second-order valence-electron chi connectivity index (χ2n) is 4.70. The maximum atomic E-state index is 11.8. The van der Waals surface area contributed by atoms with Crippen molar-refractivity contribution < 1.29 is 14.7 Å². The molecule has 1 N–H and O–H groups in total. The van der Waals surface area contributed by atoms with Crippen molar-refractivity contribution in [3.05, 3.63) is 23.8 Å². The first-order chi connectivity index (χ1) is 9.52.